The van der Waals surface area contributed by atoms with Crippen LogP contribution in [0.5, 0.6) is 0 Å². The van der Waals surface area contributed by atoms with E-state index in [1.54, 1.807) is 6.92 Å². The predicted octanol–water partition coefficient (Wildman–Crippen LogP) is 1.85. The molecule has 0 aromatic heterocycles. The van der Waals surface area contributed by atoms with Gasteiger partial charge in [0.05, 0.1) is 0 Å². The Labute approximate surface area is 55.1 Å². The minimum atomic E-state index is 0.197. The monoisotopic (exact) mass is 122 g/mol. The first-order chi connectivity index (χ1) is 4.20. The SMILES string of the molecule is CC(=O)C1=CC=C(C)C1. The normalized spacial score (nSPS) is 17.1. The highest BCUT2D eigenvalue weighted by Gasteiger charge is 2.07. The van der Waals surface area contributed by atoms with Gasteiger partial charge in [0.25, 0.3) is 0 Å². The van der Waals surface area contributed by atoms with Crippen LogP contribution in [0.3, 0.4) is 0 Å². The van der Waals surface area contributed by atoms with Gasteiger partial charge in [0.2, 0.25) is 0 Å². The molecule has 1 rings (SSSR count). The lowest BCUT2D eigenvalue weighted by Gasteiger charge is -1.93. The maximum absolute atomic E-state index is 10.7. The fourth-order valence-electron chi connectivity index (χ4n) is 0.903. The molecule has 0 aromatic carbocycles. The van der Waals surface area contributed by atoms with Crippen LogP contribution in [0.1, 0.15) is 20.3 Å². The Morgan fingerprint density at radius 1 is 1.56 bits per heavy atom. The zero-order valence-corrected chi connectivity index (χ0v) is 5.77. The van der Waals surface area contributed by atoms with Crippen LogP contribution >= 0.6 is 0 Å². The van der Waals surface area contributed by atoms with E-state index in [1.165, 1.54) is 5.57 Å². The summed E-state index contributed by atoms with van der Waals surface area (Å²) in [6, 6.07) is 0. The second-order valence-electron chi connectivity index (χ2n) is 2.44. The number of ketones is 1. The summed E-state index contributed by atoms with van der Waals surface area (Å²) in [6.07, 6.45) is 4.75. The van der Waals surface area contributed by atoms with Crippen LogP contribution in [0.25, 0.3) is 0 Å². The Morgan fingerprint density at radius 3 is 2.44 bits per heavy atom. The summed E-state index contributed by atoms with van der Waals surface area (Å²) in [5, 5.41) is 0. The number of carbonyl (C=O) groups excluding carboxylic acids is 1. The average Bonchev–Trinajstić information content (AvgIpc) is 2.14. The van der Waals surface area contributed by atoms with Crippen LogP contribution in [0.15, 0.2) is 23.3 Å². The zero-order valence-electron chi connectivity index (χ0n) is 5.77. The molecular weight excluding hydrogens is 112 g/mol. The van der Waals surface area contributed by atoms with Gasteiger partial charge in [-0.05, 0) is 25.8 Å². The molecule has 1 aliphatic carbocycles. The number of rotatable bonds is 1. The molecule has 0 saturated heterocycles. The van der Waals surface area contributed by atoms with Gasteiger partial charge in [-0.3, -0.25) is 4.79 Å². The molecule has 0 spiro atoms. The van der Waals surface area contributed by atoms with Gasteiger partial charge in [-0.25, -0.2) is 0 Å². The van der Waals surface area contributed by atoms with Crippen molar-refractivity contribution in [2.45, 2.75) is 20.3 Å². The number of hydrogen-bond donors (Lipinski definition) is 0. The van der Waals surface area contributed by atoms with Crippen molar-refractivity contribution >= 4 is 5.78 Å². The fourth-order valence-corrected chi connectivity index (χ4v) is 0.903. The van der Waals surface area contributed by atoms with Crippen LogP contribution in [0.4, 0.5) is 0 Å². The van der Waals surface area contributed by atoms with E-state index in [1.807, 2.05) is 19.1 Å². The van der Waals surface area contributed by atoms with Gasteiger partial charge in [0.1, 0.15) is 0 Å². The van der Waals surface area contributed by atoms with Gasteiger partial charge in [0, 0.05) is 0 Å². The largest absolute Gasteiger partial charge is 0.295 e. The molecule has 0 aromatic rings. The van der Waals surface area contributed by atoms with Crippen LogP contribution in [-0.2, 0) is 4.79 Å². The summed E-state index contributed by atoms with van der Waals surface area (Å²) in [6.45, 7) is 3.64. The first-order valence-corrected chi connectivity index (χ1v) is 3.07. The number of carbonyl (C=O) groups is 1. The first kappa shape index (κ1) is 6.27. The quantitative estimate of drug-likeness (QED) is 0.518. The zero-order chi connectivity index (χ0) is 6.85. The van der Waals surface area contributed by atoms with E-state index in [4.69, 9.17) is 0 Å². The summed E-state index contributed by atoms with van der Waals surface area (Å²) in [4.78, 5) is 10.7. The Kier molecular flexibility index (Phi) is 1.52. The van der Waals surface area contributed by atoms with Gasteiger partial charge >= 0.3 is 0 Å². The van der Waals surface area contributed by atoms with E-state index in [0.29, 0.717) is 0 Å². The second kappa shape index (κ2) is 2.18. The van der Waals surface area contributed by atoms with Crippen molar-refractivity contribution in [3.8, 4) is 0 Å². The standard InChI is InChI=1S/C8H10O/c1-6-3-4-8(5-6)7(2)9/h3-4H,5H2,1-2H3. The van der Waals surface area contributed by atoms with Crippen LogP contribution in [0, 0.1) is 0 Å². The molecule has 1 nitrogen and oxygen atoms in total. The molecule has 1 heteroatoms. The molecule has 1 aliphatic rings. The summed E-state index contributed by atoms with van der Waals surface area (Å²) in [5.41, 5.74) is 2.22. The molecule has 0 heterocycles. The summed E-state index contributed by atoms with van der Waals surface area (Å²) in [7, 11) is 0. The van der Waals surface area contributed by atoms with Gasteiger partial charge in [0.15, 0.2) is 5.78 Å². The summed E-state index contributed by atoms with van der Waals surface area (Å²) < 4.78 is 0. The van der Waals surface area contributed by atoms with E-state index >= 15 is 0 Å². The molecular formula is C8H10O. The van der Waals surface area contributed by atoms with Crippen molar-refractivity contribution in [3.05, 3.63) is 23.3 Å². The van der Waals surface area contributed by atoms with Crippen molar-refractivity contribution < 1.29 is 4.79 Å². The first-order valence-electron chi connectivity index (χ1n) is 3.07. The Hall–Kier alpha value is -0.850. The highest BCUT2D eigenvalue weighted by atomic mass is 16.1. The third kappa shape index (κ3) is 1.28. The molecule has 0 atom stereocenters. The third-order valence-electron chi connectivity index (χ3n) is 1.49. The van der Waals surface area contributed by atoms with Crippen LogP contribution in [0.2, 0.25) is 0 Å². The molecule has 0 radical (unpaired) electrons. The lowest BCUT2D eigenvalue weighted by molar-refractivity contribution is -0.113. The lowest BCUT2D eigenvalue weighted by Crippen LogP contribution is -1.92. The Morgan fingerprint density at radius 2 is 2.22 bits per heavy atom. The van der Waals surface area contributed by atoms with Crippen molar-refractivity contribution in [1.82, 2.24) is 0 Å². The summed E-state index contributed by atoms with van der Waals surface area (Å²) >= 11 is 0. The molecule has 0 aliphatic heterocycles. The Balaban J connectivity index is 2.64. The highest BCUT2D eigenvalue weighted by Crippen LogP contribution is 2.17. The third-order valence-corrected chi connectivity index (χ3v) is 1.49. The van der Waals surface area contributed by atoms with Crippen molar-refractivity contribution in [1.29, 1.82) is 0 Å². The molecule has 0 bridgehead atoms. The number of allylic oxidation sites excluding steroid dienone is 4. The van der Waals surface area contributed by atoms with Gasteiger partial charge in [-0.15, -0.1) is 0 Å². The molecule has 0 saturated carbocycles. The van der Waals surface area contributed by atoms with E-state index in [0.717, 1.165) is 12.0 Å². The molecule has 0 N–H and O–H groups in total. The fraction of sp³-hybridized carbons (Fsp3) is 0.375. The van der Waals surface area contributed by atoms with Gasteiger partial charge in [-0.2, -0.15) is 0 Å². The number of hydrogen-bond acceptors (Lipinski definition) is 1. The highest BCUT2D eigenvalue weighted by molar-refractivity contribution is 5.94. The topological polar surface area (TPSA) is 17.1 Å². The molecule has 48 valence electrons. The van der Waals surface area contributed by atoms with E-state index in [2.05, 4.69) is 0 Å². The van der Waals surface area contributed by atoms with Crippen LogP contribution < -0.4 is 0 Å². The van der Waals surface area contributed by atoms with E-state index in [9.17, 15) is 4.79 Å². The average molecular weight is 122 g/mol. The van der Waals surface area contributed by atoms with E-state index < -0.39 is 0 Å². The Bertz CT molecular complexity index is 197. The minimum Gasteiger partial charge on any atom is -0.295 e. The van der Waals surface area contributed by atoms with Crippen molar-refractivity contribution in [2.24, 2.45) is 0 Å². The maximum atomic E-state index is 10.7. The van der Waals surface area contributed by atoms with Crippen molar-refractivity contribution in [2.75, 3.05) is 0 Å². The molecule has 9 heavy (non-hydrogen) atoms. The smallest absolute Gasteiger partial charge is 0.156 e. The predicted molar refractivity (Wildman–Crippen MR) is 37.1 cm³/mol. The second-order valence-corrected chi connectivity index (χ2v) is 2.44. The van der Waals surface area contributed by atoms with E-state index in [-0.39, 0.29) is 5.78 Å². The molecule has 0 fully saturated rings. The lowest BCUT2D eigenvalue weighted by atomic mass is 10.1. The van der Waals surface area contributed by atoms with Gasteiger partial charge in [-0.1, -0.05) is 17.7 Å². The van der Waals surface area contributed by atoms with Crippen LogP contribution in [-0.4, -0.2) is 5.78 Å². The molecule has 0 unspecified atom stereocenters. The minimum absolute atomic E-state index is 0.197. The summed E-state index contributed by atoms with van der Waals surface area (Å²) in [5.74, 6) is 0.197. The number of Topliss-reactive ketones (excluding diaryl/α,β-unsaturated/α-hetero) is 1. The molecule has 0 amide bonds. The van der Waals surface area contributed by atoms with Crippen molar-refractivity contribution in [3.63, 3.8) is 0 Å². The maximum Gasteiger partial charge on any atom is 0.156 e. The van der Waals surface area contributed by atoms with Gasteiger partial charge < -0.3 is 0 Å².